The molecule has 3 aromatic heterocycles. The lowest BCUT2D eigenvalue weighted by molar-refractivity contribution is 0.101. The van der Waals surface area contributed by atoms with Gasteiger partial charge in [-0.15, -0.1) is 5.10 Å². The van der Waals surface area contributed by atoms with Gasteiger partial charge in [0.2, 0.25) is 0 Å². The Kier molecular flexibility index (Phi) is 3.30. The number of anilines is 1. The second kappa shape index (κ2) is 5.25. The van der Waals surface area contributed by atoms with E-state index in [4.69, 9.17) is 8.83 Å². The van der Waals surface area contributed by atoms with Crippen LogP contribution in [-0.4, -0.2) is 21.1 Å². The van der Waals surface area contributed by atoms with E-state index in [0.717, 1.165) is 0 Å². The Hall–Kier alpha value is -2.48. The van der Waals surface area contributed by atoms with Crippen LogP contribution in [0.1, 0.15) is 10.5 Å². The largest absolute Gasteiger partial charge is 0.444 e. The van der Waals surface area contributed by atoms with Crippen LogP contribution in [0.3, 0.4) is 0 Å². The molecule has 8 heteroatoms. The molecule has 0 aromatic carbocycles. The zero-order chi connectivity index (χ0) is 13.9. The summed E-state index contributed by atoms with van der Waals surface area (Å²) in [5.74, 6) is 0.149. The zero-order valence-corrected chi connectivity index (χ0v) is 11.5. The first-order valence-electron chi connectivity index (χ1n) is 5.54. The maximum absolute atomic E-state index is 11.8. The molecule has 1 amide bonds. The molecule has 0 spiro atoms. The average molecular weight is 335 g/mol. The summed E-state index contributed by atoms with van der Waals surface area (Å²) in [6, 6.07) is 8.35. The Morgan fingerprint density at radius 3 is 2.75 bits per heavy atom. The summed E-state index contributed by atoms with van der Waals surface area (Å²) in [5.41, 5.74) is 0.257. The number of nitrogens with one attached hydrogen (secondary N) is 1. The lowest BCUT2D eigenvalue weighted by Crippen LogP contribution is -2.13. The van der Waals surface area contributed by atoms with Gasteiger partial charge in [-0.2, -0.15) is 0 Å². The second-order valence-corrected chi connectivity index (χ2v) is 4.47. The van der Waals surface area contributed by atoms with Gasteiger partial charge in [-0.25, -0.2) is 0 Å². The van der Waals surface area contributed by atoms with E-state index in [9.17, 15) is 4.79 Å². The van der Waals surface area contributed by atoms with Crippen LogP contribution in [0.15, 0.2) is 50.0 Å². The van der Waals surface area contributed by atoms with Crippen molar-refractivity contribution in [3.05, 3.63) is 46.9 Å². The highest BCUT2D eigenvalue weighted by molar-refractivity contribution is 9.10. The van der Waals surface area contributed by atoms with Crippen molar-refractivity contribution in [1.82, 2.24) is 15.2 Å². The van der Waals surface area contributed by atoms with Crippen molar-refractivity contribution in [2.45, 2.75) is 0 Å². The fourth-order valence-electron chi connectivity index (χ4n) is 1.46. The number of halogens is 1. The third-order valence-corrected chi connectivity index (χ3v) is 2.75. The van der Waals surface area contributed by atoms with E-state index in [-0.39, 0.29) is 17.6 Å². The Morgan fingerprint density at radius 2 is 2.05 bits per heavy atom. The standard InChI is InChI=1S/C12H7BrN4O3/c13-9-5-4-8(19-9)11-16-17-12(20-11)15-10(18)7-3-1-2-6-14-7/h1-6H,(H,15,17,18). The average Bonchev–Trinajstić information content (AvgIpc) is 3.09. The lowest BCUT2D eigenvalue weighted by atomic mass is 10.3. The van der Waals surface area contributed by atoms with Gasteiger partial charge in [0, 0.05) is 6.20 Å². The number of pyridine rings is 1. The molecule has 0 saturated heterocycles. The molecule has 0 atom stereocenters. The molecule has 0 bridgehead atoms. The molecule has 20 heavy (non-hydrogen) atoms. The molecule has 3 rings (SSSR count). The van der Waals surface area contributed by atoms with Gasteiger partial charge < -0.3 is 8.83 Å². The highest BCUT2D eigenvalue weighted by Crippen LogP contribution is 2.24. The molecule has 0 fully saturated rings. The van der Waals surface area contributed by atoms with Gasteiger partial charge in [-0.1, -0.05) is 11.2 Å². The molecule has 3 heterocycles. The van der Waals surface area contributed by atoms with E-state index in [1.807, 2.05) is 0 Å². The van der Waals surface area contributed by atoms with Crippen LogP contribution in [0, 0.1) is 0 Å². The van der Waals surface area contributed by atoms with E-state index in [2.05, 4.69) is 36.4 Å². The van der Waals surface area contributed by atoms with Crippen molar-refractivity contribution in [2.75, 3.05) is 5.32 Å². The van der Waals surface area contributed by atoms with Gasteiger partial charge in [0.05, 0.1) is 0 Å². The summed E-state index contributed by atoms with van der Waals surface area (Å²) in [5, 5.41) is 9.96. The number of carbonyl (C=O) groups excluding carboxylic acids is 1. The summed E-state index contributed by atoms with van der Waals surface area (Å²) < 4.78 is 11.1. The molecule has 0 radical (unpaired) electrons. The smallest absolute Gasteiger partial charge is 0.322 e. The van der Waals surface area contributed by atoms with Crippen LogP contribution in [0.2, 0.25) is 0 Å². The van der Waals surface area contributed by atoms with Crippen molar-refractivity contribution in [1.29, 1.82) is 0 Å². The van der Waals surface area contributed by atoms with E-state index in [1.54, 1.807) is 30.3 Å². The highest BCUT2D eigenvalue weighted by atomic mass is 79.9. The molecule has 0 aliphatic carbocycles. The van der Waals surface area contributed by atoms with Crippen molar-refractivity contribution >= 4 is 27.9 Å². The van der Waals surface area contributed by atoms with Crippen molar-refractivity contribution in [2.24, 2.45) is 0 Å². The minimum Gasteiger partial charge on any atom is -0.444 e. The summed E-state index contributed by atoms with van der Waals surface area (Å²) >= 11 is 3.17. The fraction of sp³-hybridized carbons (Fsp3) is 0. The lowest BCUT2D eigenvalue weighted by Gasteiger charge is -1.98. The molecule has 0 saturated carbocycles. The van der Waals surface area contributed by atoms with Crippen molar-refractivity contribution in [3.8, 4) is 11.7 Å². The number of carbonyl (C=O) groups is 1. The summed E-state index contributed by atoms with van der Waals surface area (Å²) in [7, 11) is 0. The maximum Gasteiger partial charge on any atom is 0.322 e. The quantitative estimate of drug-likeness (QED) is 0.791. The van der Waals surface area contributed by atoms with Gasteiger partial charge in [-0.3, -0.25) is 15.1 Å². The minimum absolute atomic E-state index is 0.0248. The van der Waals surface area contributed by atoms with Crippen molar-refractivity contribution < 1.29 is 13.6 Å². The number of nitrogens with zero attached hydrogens (tertiary/aromatic N) is 3. The predicted octanol–water partition coefficient (Wildman–Crippen LogP) is 2.74. The molecular formula is C12H7BrN4O3. The first-order valence-corrected chi connectivity index (χ1v) is 6.33. The monoisotopic (exact) mass is 334 g/mol. The Balaban J connectivity index is 1.76. The van der Waals surface area contributed by atoms with Crippen LogP contribution in [-0.2, 0) is 0 Å². The van der Waals surface area contributed by atoms with Crippen LogP contribution in [0.25, 0.3) is 11.7 Å². The second-order valence-electron chi connectivity index (χ2n) is 3.69. The van der Waals surface area contributed by atoms with Gasteiger partial charge >= 0.3 is 6.01 Å². The SMILES string of the molecule is O=C(Nc1nnc(-c2ccc(Br)o2)o1)c1ccccn1. The molecule has 0 aliphatic heterocycles. The van der Waals surface area contributed by atoms with Crippen LogP contribution in [0.5, 0.6) is 0 Å². The summed E-state index contributed by atoms with van der Waals surface area (Å²) in [6.45, 7) is 0. The molecule has 3 aromatic rings. The minimum atomic E-state index is -0.429. The van der Waals surface area contributed by atoms with Gasteiger partial charge in [0.25, 0.3) is 11.8 Å². The summed E-state index contributed by atoms with van der Waals surface area (Å²) in [6.07, 6.45) is 1.52. The van der Waals surface area contributed by atoms with E-state index < -0.39 is 5.91 Å². The molecule has 0 unspecified atom stereocenters. The molecule has 100 valence electrons. The molecule has 7 nitrogen and oxygen atoms in total. The fourth-order valence-corrected chi connectivity index (χ4v) is 1.77. The Labute approximate surface area is 121 Å². The number of furan rings is 1. The molecular weight excluding hydrogens is 328 g/mol. The normalized spacial score (nSPS) is 10.4. The summed E-state index contributed by atoms with van der Waals surface area (Å²) in [4.78, 5) is 15.7. The first-order chi connectivity index (χ1) is 9.72. The Morgan fingerprint density at radius 1 is 1.15 bits per heavy atom. The highest BCUT2D eigenvalue weighted by Gasteiger charge is 2.15. The van der Waals surface area contributed by atoms with E-state index >= 15 is 0 Å². The first kappa shape index (κ1) is 12.5. The Bertz CT molecular complexity index is 738. The molecule has 1 N–H and O–H groups in total. The number of amides is 1. The van der Waals surface area contributed by atoms with Gasteiger partial charge in [0.15, 0.2) is 10.4 Å². The third kappa shape index (κ3) is 2.59. The number of rotatable bonds is 3. The molecule has 0 aliphatic rings. The third-order valence-electron chi connectivity index (χ3n) is 2.33. The van der Waals surface area contributed by atoms with Crippen LogP contribution < -0.4 is 5.32 Å². The van der Waals surface area contributed by atoms with Gasteiger partial charge in [0.1, 0.15) is 5.69 Å². The number of aromatic nitrogens is 3. The number of hydrogen-bond acceptors (Lipinski definition) is 6. The van der Waals surface area contributed by atoms with Crippen LogP contribution >= 0.6 is 15.9 Å². The van der Waals surface area contributed by atoms with E-state index in [1.165, 1.54) is 6.20 Å². The topological polar surface area (TPSA) is 94.1 Å². The van der Waals surface area contributed by atoms with Gasteiger partial charge in [-0.05, 0) is 40.2 Å². The van der Waals surface area contributed by atoms with E-state index in [0.29, 0.717) is 10.4 Å². The predicted molar refractivity (Wildman–Crippen MR) is 71.9 cm³/mol. The van der Waals surface area contributed by atoms with Crippen LogP contribution in [0.4, 0.5) is 6.01 Å². The number of hydrogen-bond donors (Lipinski definition) is 1. The maximum atomic E-state index is 11.8. The zero-order valence-electron chi connectivity index (χ0n) is 9.91. The van der Waals surface area contributed by atoms with Crippen molar-refractivity contribution in [3.63, 3.8) is 0 Å².